The number of hydrogen-bond donors (Lipinski definition) is 2. The van der Waals surface area contributed by atoms with Gasteiger partial charge in [-0.05, 0) is 37.1 Å². The Bertz CT molecular complexity index is 480. The van der Waals surface area contributed by atoms with Crippen molar-refractivity contribution in [2.24, 2.45) is 5.73 Å². The molecular formula is C14H25N3O2S. The topological polar surface area (TPSA) is 75.4 Å². The lowest BCUT2D eigenvalue weighted by molar-refractivity contribution is 0.581. The molecule has 0 saturated carbocycles. The fourth-order valence-electron chi connectivity index (χ4n) is 1.95. The second-order valence-electron chi connectivity index (χ2n) is 4.67. The SMILES string of the molecule is CCCNS(=O)(=O)c1ccc(N(CCC)CCN)cc1. The van der Waals surface area contributed by atoms with E-state index in [0.29, 0.717) is 18.0 Å². The first-order valence-electron chi connectivity index (χ1n) is 7.10. The molecule has 0 radical (unpaired) electrons. The molecule has 20 heavy (non-hydrogen) atoms. The number of hydrogen-bond acceptors (Lipinski definition) is 4. The molecule has 0 aliphatic heterocycles. The van der Waals surface area contributed by atoms with E-state index in [1.165, 1.54) is 0 Å². The van der Waals surface area contributed by atoms with E-state index >= 15 is 0 Å². The van der Waals surface area contributed by atoms with E-state index in [-0.39, 0.29) is 0 Å². The molecule has 0 aromatic heterocycles. The molecule has 1 rings (SSSR count). The van der Waals surface area contributed by atoms with Gasteiger partial charge in [0.2, 0.25) is 10.0 Å². The Balaban J connectivity index is 2.86. The molecule has 6 heteroatoms. The highest BCUT2D eigenvalue weighted by molar-refractivity contribution is 7.89. The van der Waals surface area contributed by atoms with E-state index in [4.69, 9.17) is 5.73 Å². The van der Waals surface area contributed by atoms with Crippen molar-refractivity contribution in [3.8, 4) is 0 Å². The van der Waals surface area contributed by atoms with Gasteiger partial charge < -0.3 is 10.6 Å². The number of sulfonamides is 1. The van der Waals surface area contributed by atoms with Crippen LogP contribution in [0.1, 0.15) is 26.7 Å². The lowest BCUT2D eigenvalue weighted by Gasteiger charge is -2.23. The Morgan fingerprint density at radius 3 is 2.25 bits per heavy atom. The summed E-state index contributed by atoms with van der Waals surface area (Å²) in [6, 6.07) is 6.97. The molecule has 1 aromatic rings. The Hall–Kier alpha value is -1.11. The van der Waals surface area contributed by atoms with Crippen molar-refractivity contribution in [2.75, 3.05) is 31.1 Å². The molecule has 5 nitrogen and oxygen atoms in total. The molecule has 0 aliphatic rings. The predicted octanol–water partition coefficient (Wildman–Crippen LogP) is 1.55. The predicted molar refractivity (Wildman–Crippen MR) is 83.5 cm³/mol. The molecule has 0 fully saturated rings. The van der Waals surface area contributed by atoms with E-state index in [0.717, 1.165) is 31.6 Å². The summed E-state index contributed by atoms with van der Waals surface area (Å²) in [7, 11) is -3.38. The van der Waals surface area contributed by atoms with Crippen molar-refractivity contribution in [3.63, 3.8) is 0 Å². The van der Waals surface area contributed by atoms with Crippen LogP contribution in [0.15, 0.2) is 29.2 Å². The first-order chi connectivity index (χ1) is 9.55. The molecule has 3 N–H and O–H groups in total. The van der Waals surface area contributed by atoms with Gasteiger partial charge in [0.25, 0.3) is 0 Å². The molecule has 114 valence electrons. The molecule has 0 unspecified atom stereocenters. The van der Waals surface area contributed by atoms with Crippen LogP contribution in [0.2, 0.25) is 0 Å². The zero-order valence-corrected chi connectivity index (χ0v) is 13.1. The first-order valence-corrected chi connectivity index (χ1v) is 8.58. The summed E-state index contributed by atoms with van der Waals surface area (Å²) in [6.45, 7) is 6.76. The van der Waals surface area contributed by atoms with E-state index in [1.54, 1.807) is 12.1 Å². The van der Waals surface area contributed by atoms with Gasteiger partial charge in [-0.15, -0.1) is 0 Å². The minimum atomic E-state index is -3.38. The van der Waals surface area contributed by atoms with Crippen molar-refractivity contribution in [1.29, 1.82) is 0 Å². The number of nitrogens with two attached hydrogens (primary N) is 1. The van der Waals surface area contributed by atoms with Crippen LogP contribution in [0.5, 0.6) is 0 Å². The third kappa shape index (κ3) is 4.77. The van der Waals surface area contributed by atoms with Crippen LogP contribution >= 0.6 is 0 Å². The number of nitrogens with one attached hydrogen (secondary N) is 1. The summed E-state index contributed by atoms with van der Waals surface area (Å²) in [4.78, 5) is 2.47. The summed E-state index contributed by atoms with van der Waals surface area (Å²) in [5.74, 6) is 0. The molecule has 0 atom stereocenters. The highest BCUT2D eigenvalue weighted by Crippen LogP contribution is 2.18. The normalized spacial score (nSPS) is 11.6. The van der Waals surface area contributed by atoms with Crippen LogP contribution in [-0.4, -0.2) is 34.6 Å². The Labute approximate surface area is 122 Å². The molecule has 0 heterocycles. The summed E-state index contributed by atoms with van der Waals surface area (Å²) < 4.78 is 26.5. The van der Waals surface area contributed by atoms with Gasteiger partial charge in [0, 0.05) is 31.9 Å². The van der Waals surface area contributed by atoms with Crippen LogP contribution in [0.4, 0.5) is 5.69 Å². The third-order valence-electron chi connectivity index (χ3n) is 2.95. The van der Waals surface area contributed by atoms with Gasteiger partial charge in [-0.1, -0.05) is 13.8 Å². The molecule has 0 bridgehead atoms. The smallest absolute Gasteiger partial charge is 0.240 e. The average Bonchev–Trinajstić information content (AvgIpc) is 2.45. The van der Waals surface area contributed by atoms with Crippen molar-refractivity contribution >= 4 is 15.7 Å². The van der Waals surface area contributed by atoms with E-state index in [1.807, 2.05) is 19.1 Å². The Morgan fingerprint density at radius 1 is 1.10 bits per heavy atom. The minimum Gasteiger partial charge on any atom is -0.370 e. The fourth-order valence-corrected chi connectivity index (χ4v) is 3.09. The van der Waals surface area contributed by atoms with Gasteiger partial charge in [-0.3, -0.25) is 0 Å². The van der Waals surface area contributed by atoms with Crippen molar-refractivity contribution in [3.05, 3.63) is 24.3 Å². The van der Waals surface area contributed by atoms with Crippen LogP contribution in [0, 0.1) is 0 Å². The maximum absolute atomic E-state index is 12.0. The number of nitrogens with zero attached hydrogens (tertiary/aromatic N) is 1. The summed E-state index contributed by atoms with van der Waals surface area (Å²) in [6.07, 6.45) is 1.80. The summed E-state index contributed by atoms with van der Waals surface area (Å²) in [5.41, 5.74) is 6.61. The van der Waals surface area contributed by atoms with Crippen molar-refractivity contribution < 1.29 is 8.42 Å². The quantitative estimate of drug-likeness (QED) is 0.725. The number of rotatable bonds is 9. The van der Waals surface area contributed by atoms with Gasteiger partial charge in [-0.2, -0.15) is 0 Å². The highest BCUT2D eigenvalue weighted by Gasteiger charge is 2.13. The van der Waals surface area contributed by atoms with Gasteiger partial charge in [0.05, 0.1) is 4.90 Å². The molecule has 0 spiro atoms. The lowest BCUT2D eigenvalue weighted by Crippen LogP contribution is -2.30. The summed E-state index contributed by atoms with van der Waals surface area (Å²) in [5, 5.41) is 0. The van der Waals surface area contributed by atoms with E-state index in [9.17, 15) is 8.42 Å². The number of anilines is 1. The third-order valence-corrected chi connectivity index (χ3v) is 4.42. The van der Waals surface area contributed by atoms with E-state index < -0.39 is 10.0 Å². The van der Waals surface area contributed by atoms with Gasteiger partial charge >= 0.3 is 0 Å². The zero-order chi connectivity index (χ0) is 15.0. The molecule has 0 aliphatic carbocycles. The zero-order valence-electron chi connectivity index (χ0n) is 12.3. The Morgan fingerprint density at radius 2 is 1.75 bits per heavy atom. The first kappa shape index (κ1) is 16.9. The lowest BCUT2D eigenvalue weighted by atomic mass is 10.2. The molecule has 0 amide bonds. The van der Waals surface area contributed by atoms with Gasteiger partial charge in [-0.25, -0.2) is 13.1 Å². The van der Waals surface area contributed by atoms with Crippen molar-refractivity contribution in [1.82, 2.24) is 4.72 Å². The molecular weight excluding hydrogens is 274 g/mol. The maximum Gasteiger partial charge on any atom is 0.240 e. The molecule has 0 saturated heterocycles. The second kappa shape index (κ2) is 8.24. The molecule has 1 aromatic carbocycles. The van der Waals surface area contributed by atoms with Crippen LogP contribution in [0.25, 0.3) is 0 Å². The Kier molecular flexibility index (Phi) is 6.98. The largest absolute Gasteiger partial charge is 0.370 e. The van der Waals surface area contributed by atoms with Gasteiger partial charge in [0.15, 0.2) is 0 Å². The minimum absolute atomic E-state index is 0.305. The second-order valence-corrected chi connectivity index (χ2v) is 6.43. The number of benzene rings is 1. The highest BCUT2D eigenvalue weighted by atomic mass is 32.2. The van der Waals surface area contributed by atoms with Crippen molar-refractivity contribution in [2.45, 2.75) is 31.6 Å². The van der Waals surface area contributed by atoms with Crippen LogP contribution < -0.4 is 15.4 Å². The standard InChI is InChI=1S/C14H25N3O2S/c1-3-10-16-20(18,19)14-7-5-13(6-8-14)17(11-4-2)12-9-15/h5-8,16H,3-4,9-12,15H2,1-2H3. The van der Waals surface area contributed by atoms with Crippen LogP contribution in [0.3, 0.4) is 0 Å². The maximum atomic E-state index is 12.0. The average molecular weight is 299 g/mol. The monoisotopic (exact) mass is 299 g/mol. The fraction of sp³-hybridized carbons (Fsp3) is 0.571. The van der Waals surface area contributed by atoms with Gasteiger partial charge in [0.1, 0.15) is 0 Å². The van der Waals surface area contributed by atoms with Crippen LogP contribution in [-0.2, 0) is 10.0 Å². The summed E-state index contributed by atoms with van der Waals surface area (Å²) >= 11 is 0. The van der Waals surface area contributed by atoms with E-state index in [2.05, 4.69) is 16.5 Å².